The first kappa shape index (κ1) is 17.6. The van der Waals surface area contributed by atoms with E-state index >= 15 is 0 Å². The zero-order valence-corrected chi connectivity index (χ0v) is 15.5. The molecule has 1 heterocycles. The van der Waals surface area contributed by atoms with Crippen molar-refractivity contribution in [1.29, 1.82) is 0 Å². The number of amides is 1. The van der Waals surface area contributed by atoms with Crippen LogP contribution in [0.15, 0.2) is 53.4 Å². The van der Waals surface area contributed by atoms with Gasteiger partial charge in [-0.05, 0) is 50.1 Å². The molecule has 3 rings (SSSR count). The van der Waals surface area contributed by atoms with Crippen LogP contribution in [-0.4, -0.2) is 37.8 Å². The van der Waals surface area contributed by atoms with Crippen molar-refractivity contribution in [1.82, 2.24) is 4.31 Å². The summed E-state index contributed by atoms with van der Waals surface area (Å²) in [7, 11) is -3.68. The number of rotatable bonds is 3. The van der Waals surface area contributed by atoms with Gasteiger partial charge in [0.15, 0.2) is 0 Å². The topological polar surface area (TPSA) is 57.7 Å². The first-order valence-electron chi connectivity index (χ1n) is 8.28. The molecule has 1 aliphatic heterocycles. The Bertz CT molecular complexity index is 894. The minimum absolute atomic E-state index is 0.195. The Hall–Kier alpha value is -2.18. The molecule has 132 valence electrons. The first-order valence-corrected chi connectivity index (χ1v) is 9.72. The van der Waals surface area contributed by atoms with Gasteiger partial charge in [0.05, 0.1) is 4.90 Å². The highest BCUT2D eigenvalue weighted by atomic mass is 32.2. The highest BCUT2D eigenvalue weighted by Gasteiger charge is 2.39. The second-order valence-corrected chi connectivity index (χ2v) is 8.28. The van der Waals surface area contributed by atoms with Gasteiger partial charge in [0.2, 0.25) is 15.9 Å². The highest BCUT2D eigenvalue weighted by molar-refractivity contribution is 7.89. The lowest BCUT2D eigenvalue weighted by Gasteiger charge is -2.38. The van der Waals surface area contributed by atoms with Crippen molar-refractivity contribution >= 4 is 21.6 Å². The molecule has 1 atom stereocenters. The van der Waals surface area contributed by atoms with Crippen molar-refractivity contribution in [3.8, 4) is 0 Å². The lowest BCUT2D eigenvalue weighted by Crippen LogP contribution is -2.57. The average Bonchev–Trinajstić information content (AvgIpc) is 2.60. The summed E-state index contributed by atoms with van der Waals surface area (Å²) >= 11 is 0. The van der Waals surface area contributed by atoms with Crippen LogP contribution >= 0.6 is 0 Å². The van der Waals surface area contributed by atoms with E-state index in [2.05, 4.69) is 0 Å². The lowest BCUT2D eigenvalue weighted by molar-refractivity contribution is -0.123. The molecule has 0 aromatic heterocycles. The zero-order valence-electron chi connectivity index (χ0n) is 14.6. The fraction of sp³-hybridized carbons (Fsp3) is 0.316. The van der Waals surface area contributed by atoms with Crippen molar-refractivity contribution < 1.29 is 13.2 Å². The van der Waals surface area contributed by atoms with Crippen LogP contribution in [0.1, 0.15) is 18.1 Å². The maximum atomic E-state index is 12.9. The van der Waals surface area contributed by atoms with Gasteiger partial charge in [0.1, 0.15) is 6.04 Å². The average molecular weight is 358 g/mol. The number of nitrogens with zero attached hydrogens (tertiary/aromatic N) is 2. The van der Waals surface area contributed by atoms with E-state index in [0.717, 1.165) is 16.8 Å². The molecule has 0 aliphatic carbocycles. The Morgan fingerprint density at radius 2 is 1.68 bits per heavy atom. The molecule has 0 N–H and O–H groups in total. The number of piperazine rings is 1. The van der Waals surface area contributed by atoms with Crippen molar-refractivity contribution in [3.63, 3.8) is 0 Å². The molecule has 5 nitrogen and oxygen atoms in total. The van der Waals surface area contributed by atoms with Gasteiger partial charge in [0.25, 0.3) is 0 Å². The molecule has 1 amide bonds. The summed E-state index contributed by atoms with van der Waals surface area (Å²) in [6.07, 6.45) is 0. The van der Waals surface area contributed by atoms with Crippen LogP contribution < -0.4 is 4.90 Å². The number of sulfonamides is 1. The fourth-order valence-electron chi connectivity index (χ4n) is 3.16. The van der Waals surface area contributed by atoms with Gasteiger partial charge in [0, 0.05) is 18.8 Å². The monoisotopic (exact) mass is 358 g/mol. The smallest absolute Gasteiger partial charge is 0.245 e. The second-order valence-electron chi connectivity index (χ2n) is 6.38. The third-order valence-electron chi connectivity index (χ3n) is 4.60. The van der Waals surface area contributed by atoms with E-state index in [4.69, 9.17) is 0 Å². The lowest BCUT2D eigenvalue weighted by atomic mass is 10.1. The van der Waals surface area contributed by atoms with E-state index in [-0.39, 0.29) is 17.3 Å². The second kappa shape index (κ2) is 6.61. The number of aryl methyl sites for hydroxylation is 2. The molecular weight excluding hydrogens is 336 g/mol. The van der Waals surface area contributed by atoms with Crippen LogP contribution in [0.4, 0.5) is 5.69 Å². The van der Waals surface area contributed by atoms with Crippen LogP contribution in [0.25, 0.3) is 0 Å². The van der Waals surface area contributed by atoms with Gasteiger partial charge in [-0.1, -0.05) is 30.3 Å². The predicted octanol–water partition coefficient (Wildman–Crippen LogP) is 2.73. The molecule has 25 heavy (non-hydrogen) atoms. The van der Waals surface area contributed by atoms with Gasteiger partial charge >= 0.3 is 0 Å². The Morgan fingerprint density at radius 3 is 2.36 bits per heavy atom. The van der Waals surface area contributed by atoms with Gasteiger partial charge in [-0.2, -0.15) is 4.31 Å². The molecule has 6 heteroatoms. The number of carbonyl (C=O) groups excluding carboxylic acids is 1. The highest BCUT2D eigenvalue weighted by Crippen LogP contribution is 2.28. The summed E-state index contributed by atoms with van der Waals surface area (Å²) in [5, 5.41) is 0. The summed E-state index contributed by atoms with van der Waals surface area (Å²) in [6, 6.07) is 13.5. The minimum Gasteiger partial charge on any atom is -0.309 e. The summed E-state index contributed by atoms with van der Waals surface area (Å²) in [4.78, 5) is 14.8. The number of anilines is 1. The van der Waals surface area contributed by atoms with E-state index in [0.29, 0.717) is 6.54 Å². The van der Waals surface area contributed by atoms with E-state index < -0.39 is 16.1 Å². The summed E-state index contributed by atoms with van der Waals surface area (Å²) < 4.78 is 27.0. The number of hydrogen-bond acceptors (Lipinski definition) is 3. The summed E-state index contributed by atoms with van der Waals surface area (Å²) in [6.45, 7) is 6.21. The molecule has 1 fully saturated rings. The number of benzene rings is 2. The fourth-order valence-corrected chi connectivity index (χ4v) is 4.76. The molecule has 0 saturated carbocycles. The molecular formula is C19H22N2O3S. The molecule has 0 bridgehead atoms. The van der Waals surface area contributed by atoms with Gasteiger partial charge in [-0.15, -0.1) is 0 Å². The van der Waals surface area contributed by atoms with Crippen LogP contribution in [0, 0.1) is 13.8 Å². The summed E-state index contributed by atoms with van der Waals surface area (Å²) in [5.74, 6) is -0.195. The van der Waals surface area contributed by atoms with E-state index in [1.165, 1.54) is 4.31 Å². The Morgan fingerprint density at radius 1 is 1.00 bits per heavy atom. The molecule has 1 unspecified atom stereocenters. The molecule has 0 spiro atoms. The van der Waals surface area contributed by atoms with E-state index in [1.54, 1.807) is 42.2 Å². The molecule has 0 radical (unpaired) electrons. The van der Waals surface area contributed by atoms with Crippen molar-refractivity contribution in [2.75, 3.05) is 18.0 Å². The van der Waals surface area contributed by atoms with Gasteiger partial charge in [-0.25, -0.2) is 8.42 Å². The number of hydrogen-bond donors (Lipinski definition) is 0. The van der Waals surface area contributed by atoms with Crippen LogP contribution in [-0.2, 0) is 14.8 Å². The Kier molecular flexibility index (Phi) is 4.67. The van der Waals surface area contributed by atoms with Crippen LogP contribution in [0.2, 0.25) is 0 Å². The number of carbonyl (C=O) groups is 1. The quantitative estimate of drug-likeness (QED) is 0.848. The maximum absolute atomic E-state index is 12.9. The zero-order chi connectivity index (χ0) is 18.2. The molecule has 1 saturated heterocycles. The standard InChI is InChI=1S/C19H22N2O3S/c1-14-9-10-15(2)18(13-14)20-11-12-21(16(3)19(20)22)25(23,24)17-7-5-4-6-8-17/h4-10,13,16H,11-12H2,1-3H3. The Balaban J connectivity index is 1.91. The predicted molar refractivity (Wildman–Crippen MR) is 98.1 cm³/mol. The molecule has 2 aromatic rings. The first-order chi connectivity index (χ1) is 11.8. The van der Waals surface area contributed by atoms with E-state index in [9.17, 15) is 13.2 Å². The van der Waals surface area contributed by atoms with Gasteiger partial charge in [-0.3, -0.25) is 4.79 Å². The molecule has 1 aliphatic rings. The Labute approximate surface area is 148 Å². The minimum atomic E-state index is -3.68. The summed E-state index contributed by atoms with van der Waals surface area (Å²) in [5.41, 5.74) is 2.93. The third-order valence-corrected chi connectivity index (χ3v) is 6.59. The van der Waals surface area contributed by atoms with E-state index in [1.807, 2.05) is 32.0 Å². The van der Waals surface area contributed by atoms with Crippen LogP contribution in [0.3, 0.4) is 0 Å². The van der Waals surface area contributed by atoms with Crippen LogP contribution in [0.5, 0.6) is 0 Å². The molecule has 2 aromatic carbocycles. The third kappa shape index (κ3) is 3.19. The van der Waals surface area contributed by atoms with Crippen molar-refractivity contribution in [2.24, 2.45) is 0 Å². The van der Waals surface area contributed by atoms with Gasteiger partial charge < -0.3 is 4.90 Å². The van der Waals surface area contributed by atoms with Crippen molar-refractivity contribution in [2.45, 2.75) is 31.7 Å². The largest absolute Gasteiger partial charge is 0.309 e. The SMILES string of the molecule is Cc1ccc(C)c(N2CCN(S(=O)(=O)c3ccccc3)C(C)C2=O)c1. The maximum Gasteiger partial charge on any atom is 0.245 e. The normalized spacial score (nSPS) is 19.2. The van der Waals surface area contributed by atoms with Crippen molar-refractivity contribution in [3.05, 3.63) is 59.7 Å².